The van der Waals surface area contributed by atoms with E-state index in [2.05, 4.69) is 19.2 Å². The zero-order valence-electron chi connectivity index (χ0n) is 10.5. The Morgan fingerprint density at radius 2 is 2.18 bits per heavy atom. The van der Waals surface area contributed by atoms with Gasteiger partial charge in [0.25, 0.3) is 5.91 Å². The van der Waals surface area contributed by atoms with Gasteiger partial charge in [-0.05, 0) is 50.3 Å². The van der Waals surface area contributed by atoms with E-state index in [9.17, 15) is 4.79 Å². The molecule has 17 heavy (non-hydrogen) atoms. The second kappa shape index (κ2) is 4.49. The van der Waals surface area contributed by atoms with Crippen molar-refractivity contribution in [3.63, 3.8) is 0 Å². The fourth-order valence-electron chi connectivity index (χ4n) is 2.11. The summed E-state index contributed by atoms with van der Waals surface area (Å²) in [5.74, 6) is 0.626. The quantitative estimate of drug-likeness (QED) is 0.835. The van der Waals surface area contributed by atoms with Crippen LogP contribution in [0, 0.1) is 5.92 Å². The van der Waals surface area contributed by atoms with Crippen molar-refractivity contribution in [1.29, 1.82) is 0 Å². The van der Waals surface area contributed by atoms with Crippen LogP contribution in [-0.2, 0) is 6.54 Å². The van der Waals surface area contributed by atoms with Crippen LogP contribution in [0.5, 0.6) is 0 Å². The molecule has 1 aliphatic rings. The molecular formula is C14H20N2O. The van der Waals surface area contributed by atoms with Gasteiger partial charge < -0.3 is 11.1 Å². The Kier molecular flexibility index (Phi) is 3.20. The maximum absolute atomic E-state index is 12.1. The third kappa shape index (κ3) is 2.86. The predicted octanol–water partition coefficient (Wildman–Crippen LogP) is 2.06. The van der Waals surface area contributed by atoms with Crippen molar-refractivity contribution in [2.75, 3.05) is 0 Å². The van der Waals surface area contributed by atoms with Crippen LogP contribution in [0.4, 0.5) is 0 Å². The van der Waals surface area contributed by atoms with Gasteiger partial charge in [-0.25, -0.2) is 0 Å². The summed E-state index contributed by atoms with van der Waals surface area (Å²) in [6.07, 6.45) is 2.44. The molecule has 92 valence electrons. The Morgan fingerprint density at radius 3 is 2.76 bits per heavy atom. The fraction of sp³-hybridized carbons (Fsp3) is 0.500. The number of carbonyl (C=O) groups excluding carboxylic acids is 1. The van der Waals surface area contributed by atoms with Crippen LogP contribution in [0.1, 0.15) is 42.6 Å². The summed E-state index contributed by atoms with van der Waals surface area (Å²) in [5.41, 5.74) is 7.16. The lowest BCUT2D eigenvalue weighted by Gasteiger charge is -2.26. The molecule has 3 N–H and O–H groups in total. The van der Waals surface area contributed by atoms with E-state index < -0.39 is 0 Å². The monoisotopic (exact) mass is 232 g/mol. The van der Waals surface area contributed by atoms with Gasteiger partial charge in [-0.3, -0.25) is 4.79 Å². The van der Waals surface area contributed by atoms with E-state index in [1.54, 1.807) is 0 Å². The summed E-state index contributed by atoms with van der Waals surface area (Å²) in [6, 6.07) is 7.50. The number of hydrogen-bond donors (Lipinski definition) is 2. The molecule has 0 atom stereocenters. The van der Waals surface area contributed by atoms with E-state index in [1.807, 2.05) is 24.3 Å². The second-order valence-electron chi connectivity index (χ2n) is 5.35. The van der Waals surface area contributed by atoms with E-state index >= 15 is 0 Å². The van der Waals surface area contributed by atoms with Gasteiger partial charge >= 0.3 is 0 Å². The minimum Gasteiger partial charge on any atom is -0.347 e. The van der Waals surface area contributed by atoms with E-state index in [0.717, 1.165) is 5.56 Å². The molecular weight excluding hydrogens is 212 g/mol. The summed E-state index contributed by atoms with van der Waals surface area (Å²) in [5, 5.41) is 3.11. The number of nitrogens with one attached hydrogen (secondary N) is 1. The van der Waals surface area contributed by atoms with Crippen molar-refractivity contribution in [3.8, 4) is 0 Å². The number of rotatable bonds is 4. The molecule has 0 saturated heterocycles. The van der Waals surface area contributed by atoms with Gasteiger partial charge in [0, 0.05) is 17.6 Å². The molecule has 0 bridgehead atoms. The first kappa shape index (κ1) is 12.1. The molecule has 0 unspecified atom stereocenters. The van der Waals surface area contributed by atoms with Crippen LogP contribution in [0.2, 0.25) is 0 Å². The minimum absolute atomic E-state index is 0.00259. The molecule has 1 aromatic carbocycles. The molecule has 0 spiro atoms. The minimum atomic E-state index is -0.101. The maximum Gasteiger partial charge on any atom is 0.251 e. The summed E-state index contributed by atoms with van der Waals surface area (Å²) >= 11 is 0. The lowest BCUT2D eigenvalue weighted by atomic mass is 9.98. The standard InChI is InChI=1S/C14H20N2O/c1-14(2,12-6-7-12)16-13(17)11-5-3-4-10(8-11)9-15/h3-5,8,12H,6-7,9,15H2,1-2H3,(H,16,17). The molecule has 0 aliphatic heterocycles. The molecule has 2 rings (SSSR count). The Hall–Kier alpha value is -1.35. The average molecular weight is 232 g/mol. The highest BCUT2D eigenvalue weighted by Gasteiger charge is 2.38. The number of benzene rings is 1. The number of amides is 1. The first-order chi connectivity index (χ1) is 8.03. The van der Waals surface area contributed by atoms with Crippen LogP contribution >= 0.6 is 0 Å². The van der Waals surface area contributed by atoms with Crippen molar-refractivity contribution in [2.24, 2.45) is 11.7 Å². The van der Waals surface area contributed by atoms with Gasteiger partial charge in [0.05, 0.1) is 0 Å². The van der Waals surface area contributed by atoms with Crippen molar-refractivity contribution >= 4 is 5.91 Å². The van der Waals surface area contributed by atoms with Crippen LogP contribution in [0.25, 0.3) is 0 Å². The van der Waals surface area contributed by atoms with E-state index in [0.29, 0.717) is 18.0 Å². The highest BCUT2D eigenvalue weighted by atomic mass is 16.1. The molecule has 0 radical (unpaired) electrons. The van der Waals surface area contributed by atoms with E-state index in [4.69, 9.17) is 5.73 Å². The largest absolute Gasteiger partial charge is 0.347 e. The highest BCUT2D eigenvalue weighted by Crippen LogP contribution is 2.39. The van der Waals surface area contributed by atoms with Gasteiger partial charge in [0.1, 0.15) is 0 Å². The van der Waals surface area contributed by atoms with Crippen molar-refractivity contribution in [1.82, 2.24) is 5.32 Å². The molecule has 0 heterocycles. The lowest BCUT2D eigenvalue weighted by Crippen LogP contribution is -2.45. The SMILES string of the molecule is CC(C)(NC(=O)c1cccc(CN)c1)C1CC1. The Morgan fingerprint density at radius 1 is 1.47 bits per heavy atom. The molecule has 3 nitrogen and oxygen atoms in total. The Bertz CT molecular complexity index is 422. The summed E-state index contributed by atoms with van der Waals surface area (Å²) < 4.78 is 0. The predicted molar refractivity (Wildman–Crippen MR) is 68.6 cm³/mol. The van der Waals surface area contributed by atoms with E-state index in [1.165, 1.54) is 12.8 Å². The lowest BCUT2D eigenvalue weighted by molar-refractivity contribution is 0.0903. The first-order valence-corrected chi connectivity index (χ1v) is 6.14. The highest BCUT2D eigenvalue weighted by molar-refractivity contribution is 5.94. The van der Waals surface area contributed by atoms with Gasteiger partial charge in [0.15, 0.2) is 0 Å². The molecule has 1 amide bonds. The van der Waals surface area contributed by atoms with Gasteiger partial charge in [-0.2, -0.15) is 0 Å². The molecule has 1 saturated carbocycles. The summed E-state index contributed by atoms with van der Waals surface area (Å²) in [6.45, 7) is 4.65. The van der Waals surface area contributed by atoms with E-state index in [-0.39, 0.29) is 11.4 Å². The third-order valence-corrected chi connectivity index (χ3v) is 3.46. The zero-order chi connectivity index (χ0) is 12.5. The molecule has 3 heteroatoms. The first-order valence-electron chi connectivity index (χ1n) is 6.14. The summed E-state index contributed by atoms with van der Waals surface area (Å²) in [4.78, 5) is 12.1. The Labute approximate surface area is 102 Å². The molecule has 1 aliphatic carbocycles. The maximum atomic E-state index is 12.1. The number of hydrogen-bond acceptors (Lipinski definition) is 2. The van der Waals surface area contributed by atoms with Crippen molar-refractivity contribution < 1.29 is 4.79 Å². The number of nitrogens with two attached hydrogens (primary N) is 1. The molecule has 1 aromatic rings. The van der Waals surface area contributed by atoms with Crippen molar-refractivity contribution in [3.05, 3.63) is 35.4 Å². The average Bonchev–Trinajstić information content (AvgIpc) is 3.12. The van der Waals surface area contributed by atoms with Crippen LogP contribution in [0.3, 0.4) is 0 Å². The molecule has 1 fully saturated rings. The Balaban J connectivity index is 2.08. The smallest absolute Gasteiger partial charge is 0.251 e. The van der Waals surface area contributed by atoms with Gasteiger partial charge in [-0.1, -0.05) is 12.1 Å². The zero-order valence-corrected chi connectivity index (χ0v) is 10.5. The van der Waals surface area contributed by atoms with Crippen molar-refractivity contribution in [2.45, 2.75) is 38.8 Å². The third-order valence-electron chi connectivity index (χ3n) is 3.46. The molecule has 0 aromatic heterocycles. The van der Waals surface area contributed by atoms with Crippen LogP contribution in [0.15, 0.2) is 24.3 Å². The topological polar surface area (TPSA) is 55.1 Å². The number of carbonyl (C=O) groups is 1. The summed E-state index contributed by atoms with van der Waals surface area (Å²) in [7, 11) is 0. The normalized spacial score (nSPS) is 15.7. The second-order valence-corrected chi connectivity index (χ2v) is 5.35. The van der Waals surface area contributed by atoms with Crippen LogP contribution in [-0.4, -0.2) is 11.4 Å². The van der Waals surface area contributed by atoms with Crippen LogP contribution < -0.4 is 11.1 Å². The fourth-order valence-corrected chi connectivity index (χ4v) is 2.11. The van der Waals surface area contributed by atoms with Gasteiger partial charge in [-0.15, -0.1) is 0 Å². The van der Waals surface area contributed by atoms with Gasteiger partial charge in [0.2, 0.25) is 0 Å².